The van der Waals surface area contributed by atoms with Gasteiger partial charge in [0.2, 0.25) is 18.0 Å². The molecule has 2 aromatic rings. The number of rotatable bonds is 10. The van der Waals surface area contributed by atoms with Crippen molar-refractivity contribution < 1.29 is 14.4 Å². The van der Waals surface area contributed by atoms with Crippen molar-refractivity contribution in [3.05, 3.63) is 64.7 Å². The smallest absolute Gasteiger partial charge is 0.272 e. The largest absolute Gasteiger partial charge is 0.369 e. The van der Waals surface area contributed by atoms with Crippen molar-refractivity contribution >= 4 is 40.7 Å². The van der Waals surface area contributed by atoms with E-state index in [4.69, 9.17) is 22.3 Å². The van der Waals surface area contributed by atoms with E-state index < -0.39 is 23.9 Å². The number of nitrogens with one attached hydrogen (secondary N) is 1. The lowest BCUT2D eigenvalue weighted by Crippen LogP contribution is -2.50. The van der Waals surface area contributed by atoms with Crippen LogP contribution in [0.25, 0.3) is 0 Å². The van der Waals surface area contributed by atoms with Gasteiger partial charge in [0, 0.05) is 35.0 Å². The lowest BCUT2D eigenvalue weighted by molar-refractivity contribution is -0.136. The average Bonchev–Trinajstić information content (AvgIpc) is 2.94. The minimum absolute atomic E-state index is 0.161. The van der Waals surface area contributed by atoms with E-state index in [1.54, 1.807) is 19.2 Å². The van der Waals surface area contributed by atoms with E-state index in [1.807, 2.05) is 57.2 Å². The van der Waals surface area contributed by atoms with Crippen molar-refractivity contribution in [3.8, 4) is 0 Å². The standard InChI is InChI=1S/C28H35ClN4O3/c1-5-6-9-20(25(30)34)22(16-17(2)3)27(35)32-26-28(36)33(4)23-11-8-7-10-21(23)24(31-26)18-12-14-19(29)15-13-18/h7-8,10-15,17,20,22,26H,5-6,9,16H2,1-4H3,(H2,30,34)(H,32,35)/t20?,22?,26-/m1/s1. The van der Waals surface area contributed by atoms with Crippen LogP contribution in [-0.2, 0) is 14.4 Å². The summed E-state index contributed by atoms with van der Waals surface area (Å²) in [5.74, 6) is -2.34. The number of carbonyl (C=O) groups excluding carboxylic acids is 3. The first-order valence-electron chi connectivity index (χ1n) is 12.4. The molecule has 0 fully saturated rings. The molecule has 1 aliphatic rings. The molecule has 192 valence electrons. The van der Waals surface area contributed by atoms with Crippen LogP contribution in [0.1, 0.15) is 57.6 Å². The lowest BCUT2D eigenvalue weighted by atomic mass is 9.81. The summed E-state index contributed by atoms with van der Waals surface area (Å²) in [6.45, 7) is 6.02. The molecule has 2 unspecified atom stereocenters. The minimum Gasteiger partial charge on any atom is -0.369 e. The van der Waals surface area contributed by atoms with Crippen molar-refractivity contribution in [2.75, 3.05) is 11.9 Å². The molecule has 0 saturated heterocycles. The molecule has 3 rings (SSSR count). The number of primary amides is 1. The Morgan fingerprint density at radius 1 is 1.11 bits per heavy atom. The number of para-hydroxylation sites is 1. The summed E-state index contributed by atoms with van der Waals surface area (Å²) in [7, 11) is 1.67. The molecule has 2 aromatic carbocycles. The molecule has 8 heteroatoms. The van der Waals surface area contributed by atoms with Crippen molar-refractivity contribution in [2.24, 2.45) is 28.5 Å². The Balaban J connectivity index is 2.02. The molecule has 3 N–H and O–H groups in total. The number of nitrogens with two attached hydrogens (primary N) is 1. The lowest BCUT2D eigenvalue weighted by Gasteiger charge is -2.27. The third-order valence-electron chi connectivity index (χ3n) is 6.52. The van der Waals surface area contributed by atoms with Crippen LogP contribution in [0.5, 0.6) is 0 Å². The highest BCUT2D eigenvalue weighted by molar-refractivity contribution is 6.30. The number of aliphatic imine (C=N–C) groups is 1. The molecule has 0 bridgehead atoms. The predicted octanol–water partition coefficient (Wildman–Crippen LogP) is 4.55. The Labute approximate surface area is 218 Å². The van der Waals surface area contributed by atoms with Gasteiger partial charge in [-0.15, -0.1) is 0 Å². The summed E-state index contributed by atoms with van der Waals surface area (Å²) < 4.78 is 0. The molecule has 0 spiro atoms. The highest BCUT2D eigenvalue weighted by Crippen LogP contribution is 2.29. The van der Waals surface area contributed by atoms with Crippen LogP contribution in [-0.4, -0.2) is 36.6 Å². The highest BCUT2D eigenvalue weighted by atomic mass is 35.5. The van der Waals surface area contributed by atoms with Crippen LogP contribution < -0.4 is 16.0 Å². The van der Waals surface area contributed by atoms with E-state index in [-0.39, 0.29) is 17.7 Å². The molecule has 0 saturated carbocycles. The maximum absolute atomic E-state index is 13.6. The first-order valence-corrected chi connectivity index (χ1v) is 12.8. The van der Waals surface area contributed by atoms with Crippen LogP contribution in [0.4, 0.5) is 5.69 Å². The number of likely N-dealkylation sites (N-methyl/N-ethyl adjacent to an activating group) is 1. The molecule has 1 heterocycles. The fourth-order valence-corrected chi connectivity index (χ4v) is 4.75. The number of unbranched alkanes of at least 4 members (excludes halogenated alkanes) is 1. The van der Waals surface area contributed by atoms with E-state index in [9.17, 15) is 14.4 Å². The third kappa shape index (κ3) is 6.32. The number of nitrogens with zero attached hydrogens (tertiary/aromatic N) is 2. The molecule has 3 amide bonds. The molecule has 7 nitrogen and oxygen atoms in total. The number of benzodiazepines with no additional fused rings is 1. The summed E-state index contributed by atoms with van der Waals surface area (Å²) in [5.41, 5.74) is 8.53. The topological polar surface area (TPSA) is 105 Å². The molecular weight excluding hydrogens is 476 g/mol. The van der Waals surface area contributed by atoms with Crippen LogP contribution in [0.2, 0.25) is 5.02 Å². The normalized spacial score (nSPS) is 17.2. The molecule has 0 radical (unpaired) electrons. The second-order valence-corrected chi connectivity index (χ2v) is 10.1. The minimum atomic E-state index is -1.16. The van der Waals surface area contributed by atoms with Crippen LogP contribution in [0.15, 0.2) is 53.5 Å². The first-order chi connectivity index (χ1) is 17.1. The number of hydrogen-bond acceptors (Lipinski definition) is 4. The number of amides is 3. The average molecular weight is 511 g/mol. The first kappa shape index (κ1) is 27.4. The zero-order valence-electron chi connectivity index (χ0n) is 21.3. The van der Waals surface area contributed by atoms with Crippen LogP contribution >= 0.6 is 11.6 Å². The fourth-order valence-electron chi connectivity index (χ4n) is 4.62. The van der Waals surface area contributed by atoms with Gasteiger partial charge in [-0.25, -0.2) is 4.99 Å². The van der Waals surface area contributed by atoms with Gasteiger partial charge in [0.15, 0.2) is 0 Å². The second-order valence-electron chi connectivity index (χ2n) is 9.70. The number of carbonyl (C=O) groups is 3. The number of fused-ring (bicyclic) bond motifs is 1. The van der Waals surface area contributed by atoms with E-state index in [1.165, 1.54) is 4.90 Å². The van der Waals surface area contributed by atoms with Crippen molar-refractivity contribution in [1.82, 2.24) is 5.32 Å². The van der Waals surface area contributed by atoms with Gasteiger partial charge in [-0.05, 0) is 37.0 Å². The zero-order chi connectivity index (χ0) is 26.4. The Bertz CT molecular complexity index is 1130. The maximum Gasteiger partial charge on any atom is 0.272 e. The summed E-state index contributed by atoms with van der Waals surface area (Å²) in [4.78, 5) is 45.7. The van der Waals surface area contributed by atoms with Crippen LogP contribution in [0.3, 0.4) is 0 Å². The second kappa shape index (κ2) is 12.2. The van der Waals surface area contributed by atoms with E-state index >= 15 is 0 Å². The Morgan fingerprint density at radius 2 is 1.78 bits per heavy atom. The monoisotopic (exact) mass is 510 g/mol. The van der Waals surface area contributed by atoms with E-state index in [0.717, 1.165) is 24.0 Å². The van der Waals surface area contributed by atoms with Gasteiger partial charge >= 0.3 is 0 Å². The molecule has 1 aliphatic heterocycles. The van der Waals surface area contributed by atoms with Gasteiger partial charge in [0.25, 0.3) is 5.91 Å². The number of anilines is 1. The Hall–Kier alpha value is -3.19. The summed E-state index contributed by atoms with van der Waals surface area (Å²) in [6.07, 6.45) is 1.52. The Morgan fingerprint density at radius 3 is 2.39 bits per heavy atom. The predicted molar refractivity (Wildman–Crippen MR) is 144 cm³/mol. The maximum atomic E-state index is 13.6. The number of benzene rings is 2. The molecular formula is C28H35ClN4O3. The molecule has 3 atom stereocenters. The van der Waals surface area contributed by atoms with Gasteiger partial charge < -0.3 is 16.0 Å². The molecule has 0 aromatic heterocycles. The van der Waals surface area contributed by atoms with Gasteiger partial charge in [0.05, 0.1) is 11.4 Å². The van der Waals surface area contributed by atoms with Crippen molar-refractivity contribution in [1.29, 1.82) is 0 Å². The zero-order valence-corrected chi connectivity index (χ0v) is 22.1. The van der Waals surface area contributed by atoms with E-state index in [2.05, 4.69) is 5.32 Å². The number of hydrogen-bond donors (Lipinski definition) is 2. The summed E-state index contributed by atoms with van der Waals surface area (Å²) in [6, 6.07) is 14.7. The SMILES string of the molecule is CCCCC(C(N)=O)C(CC(C)C)C(=O)N[C@H]1N=C(c2ccc(Cl)cc2)c2ccccc2N(C)C1=O. The van der Waals surface area contributed by atoms with E-state index in [0.29, 0.717) is 29.3 Å². The van der Waals surface area contributed by atoms with Gasteiger partial charge in [-0.2, -0.15) is 0 Å². The van der Waals surface area contributed by atoms with Crippen molar-refractivity contribution in [2.45, 2.75) is 52.6 Å². The van der Waals surface area contributed by atoms with Crippen molar-refractivity contribution in [3.63, 3.8) is 0 Å². The summed E-state index contributed by atoms with van der Waals surface area (Å²) >= 11 is 6.10. The molecule has 0 aliphatic carbocycles. The molecule has 36 heavy (non-hydrogen) atoms. The quantitative estimate of drug-likeness (QED) is 0.489. The van der Waals surface area contributed by atoms with Gasteiger partial charge in [-0.3, -0.25) is 14.4 Å². The van der Waals surface area contributed by atoms with Crippen LogP contribution in [0, 0.1) is 17.8 Å². The highest BCUT2D eigenvalue weighted by Gasteiger charge is 2.36. The summed E-state index contributed by atoms with van der Waals surface area (Å²) in [5, 5.41) is 3.43. The van der Waals surface area contributed by atoms with Gasteiger partial charge in [-0.1, -0.05) is 75.5 Å². The third-order valence-corrected chi connectivity index (χ3v) is 6.77. The fraction of sp³-hybridized carbons (Fsp3) is 0.429. The Kier molecular flexibility index (Phi) is 9.26. The van der Waals surface area contributed by atoms with Gasteiger partial charge in [0.1, 0.15) is 0 Å². The number of halogens is 1.